The maximum atomic E-state index is 11.3. The zero-order chi connectivity index (χ0) is 14.7. The predicted molar refractivity (Wildman–Crippen MR) is 78.9 cm³/mol. The molecule has 106 valence electrons. The lowest BCUT2D eigenvalue weighted by Crippen LogP contribution is -2.29. The van der Waals surface area contributed by atoms with E-state index in [9.17, 15) is 4.79 Å². The molecule has 0 spiro atoms. The minimum Gasteiger partial charge on any atom is -0.484 e. The Morgan fingerprint density at radius 3 is 2.80 bits per heavy atom. The van der Waals surface area contributed by atoms with Crippen molar-refractivity contribution >= 4 is 45.0 Å². The molecule has 2 rings (SSSR count). The molecule has 0 radical (unpaired) electrons. The number of hydrogen-bond acceptors (Lipinski definition) is 4. The zero-order valence-corrected chi connectivity index (χ0v) is 13.1. The summed E-state index contributed by atoms with van der Waals surface area (Å²) in [6.45, 7) is 0.107. The van der Waals surface area contributed by atoms with Crippen LogP contribution in [0.15, 0.2) is 33.4 Å². The number of carbonyl (C=O) groups excluding carboxylic acids is 1. The minimum absolute atomic E-state index is 0.107. The molecule has 1 amide bonds. The largest absolute Gasteiger partial charge is 0.484 e. The number of carbonyl (C=O) groups is 1. The average Bonchev–Trinajstić information content (AvgIpc) is 2.89. The van der Waals surface area contributed by atoms with Gasteiger partial charge in [0.15, 0.2) is 0 Å². The first-order valence-electron chi connectivity index (χ1n) is 5.37. The van der Waals surface area contributed by atoms with Crippen LogP contribution < -0.4 is 16.0 Å². The maximum absolute atomic E-state index is 11.3. The van der Waals surface area contributed by atoms with E-state index in [2.05, 4.69) is 15.9 Å². The normalized spacial score (nSPS) is 10.4. The Labute approximate surface area is 133 Å². The summed E-state index contributed by atoms with van der Waals surface area (Å²) in [5.74, 6) is 5.45. The molecule has 3 N–H and O–H groups in total. The van der Waals surface area contributed by atoms with Crippen LogP contribution in [-0.2, 0) is 6.61 Å². The van der Waals surface area contributed by atoms with Crippen LogP contribution in [0.5, 0.6) is 5.75 Å². The molecule has 0 aliphatic rings. The van der Waals surface area contributed by atoms with E-state index in [1.54, 1.807) is 12.1 Å². The van der Waals surface area contributed by atoms with Gasteiger partial charge in [-0.2, -0.15) is 0 Å². The maximum Gasteiger partial charge on any atom is 0.268 e. The van der Waals surface area contributed by atoms with E-state index in [-0.39, 0.29) is 6.61 Å². The molecule has 2 aromatic rings. The standard InChI is InChI=1S/C12H9BrCl2N2O3/c13-8-2-10(15)11(3-9(8)14)20-5-7-1-6(4-19-7)12(18)17-16/h1-4H,5,16H2,(H,17,18). The van der Waals surface area contributed by atoms with E-state index in [1.165, 1.54) is 12.3 Å². The number of nitrogen functional groups attached to an aromatic ring is 1. The molecular formula is C12H9BrCl2N2O3. The summed E-state index contributed by atoms with van der Waals surface area (Å²) in [5, 5.41) is 0.889. The zero-order valence-electron chi connectivity index (χ0n) is 9.95. The summed E-state index contributed by atoms with van der Waals surface area (Å²) in [5.41, 5.74) is 2.32. The third-order valence-electron chi connectivity index (χ3n) is 2.39. The number of amides is 1. The van der Waals surface area contributed by atoms with Crippen molar-refractivity contribution < 1.29 is 13.9 Å². The van der Waals surface area contributed by atoms with Gasteiger partial charge in [0.1, 0.15) is 24.4 Å². The molecule has 8 heteroatoms. The summed E-state index contributed by atoms with van der Waals surface area (Å²) in [4.78, 5) is 11.3. The molecule has 5 nitrogen and oxygen atoms in total. The summed E-state index contributed by atoms with van der Waals surface area (Å²) in [6.07, 6.45) is 1.29. The molecule has 0 saturated carbocycles. The van der Waals surface area contributed by atoms with Gasteiger partial charge in [-0.05, 0) is 28.1 Å². The summed E-state index contributed by atoms with van der Waals surface area (Å²) < 4.78 is 11.3. The number of nitrogens with two attached hydrogens (primary N) is 1. The van der Waals surface area contributed by atoms with E-state index in [4.69, 9.17) is 38.2 Å². The van der Waals surface area contributed by atoms with Crippen LogP contribution in [0.25, 0.3) is 0 Å². The SMILES string of the molecule is NNC(=O)c1coc(COc2cc(Cl)c(Br)cc2Cl)c1. The Morgan fingerprint density at radius 2 is 2.10 bits per heavy atom. The van der Waals surface area contributed by atoms with Crippen LogP contribution >= 0.6 is 39.1 Å². The number of nitrogens with one attached hydrogen (secondary N) is 1. The third-order valence-corrected chi connectivity index (χ3v) is 3.88. The van der Waals surface area contributed by atoms with Gasteiger partial charge in [-0.25, -0.2) is 5.84 Å². The summed E-state index contributed by atoms with van der Waals surface area (Å²) in [7, 11) is 0. The van der Waals surface area contributed by atoms with Gasteiger partial charge in [0, 0.05) is 10.5 Å². The van der Waals surface area contributed by atoms with Gasteiger partial charge in [0.05, 0.1) is 15.6 Å². The molecule has 1 heterocycles. The average molecular weight is 380 g/mol. The van der Waals surface area contributed by atoms with Crippen molar-refractivity contribution in [2.75, 3.05) is 0 Å². The highest BCUT2D eigenvalue weighted by molar-refractivity contribution is 9.10. The highest BCUT2D eigenvalue weighted by Gasteiger charge is 2.11. The molecule has 1 aromatic heterocycles. The van der Waals surface area contributed by atoms with Crippen molar-refractivity contribution in [3.8, 4) is 5.75 Å². The first-order valence-corrected chi connectivity index (χ1v) is 6.92. The first-order chi connectivity index (χ1) is 9.51. The monoisotopic (exact) mass is 378 g/mol. The fourth-order valence-corrected chi connectivity index (χ4v) is 2.27. The number of rotatable bonds is 4. The van der Waals surface area contributed by atoms with Gasteiger partial charge in [-0.15, -0.1) is 0 Å². The second-order valence-electron chi connectivity index (χ2n) is 3.76. The van der Waals surface area contributed by atoms with E-state index in [0.717, 1.165) is 0 Å². The topological polar surface area (TPSA) is 77.5 Å². The fraction of sp³-hybridized carbons (Fsp3) is 0.0833. The summed E-state index contributed by atoms with van der Waals surface area (Å²) >= 11 is 15.2. The lowest BCUT2D eigenvalue weighted by molar-refractivity contribution is 0.0953. The van der Waals surface area contributed by atoms with Crippen molar-refractivity contribution in [1.29, 1.82) is 0 Å². The van der Waals surface area contributed by atoms with E-state index < -0.39 is 5.91 Å². The van der Waals surface area contributed by atoms with E-state index in [0.29, 0.717) is 31.6 Å². The second kappa shape index (κ2) is 6.49. The number of benzene rings is 1. The number of ether oxygens (including phenoxy) is 1. The smallest absolute Gasteiger partial charge is 0.268 e. The van der Waals surface area contributed by atoms with Gasteiger partial charge < -0.3 is 9.15 Å². The van der Waals surface area contributed by atoms with Crippen molar-refractivity contribution in [3.63, 3.8) is 0 Å². The lowest BCUT2D eigenvalue weighted by Gasteiger charge is -2.07. The second-order valence-corrected chi connectivity index (χ2v) is 5.43. The van der Waals surface area contributed by atoms with Gasteiger partial charge in [0.2, 0.25) is 0 Å². The van der Waals surface area contributed by atoms with Crippen molar-refractivity contribution in [1.82, 2.24) is 5.43 Å². The third kappa shape index (κ3) is 3.46. The first kappa shape index (κ1) is 15.2. The number of hydrazine groups is 1. The van der Waals surface area contributed by atoms with Gasteiger partial charge in [0.25, 0.3) is 5.91 Å². The Kier molecular flexibility index (Phi) is 4.93. The quantitative estimate of drug-likeness (QED) is 0.368. The van der Waals surface area contributed by atoms with E-state index >= 15 is 0 Å². The fourth-order valence-electron chi connectivity index (χ4n) is 1.42. The van der Waals surface area contributed by atoms with E-state index in [1.807, 2.05) is 5.43 Å². The molecule has 1 aromatic carbocycles. The molecule has 0 unspecified atom stereocenters. The summed E-state index contributed by atoms with van der Waals surface area (Å²) in [6, 6.07) is 4.75. The molecule has 20 heavy (non-hydrogen) atoms. The van der Waals surface area contributed by atoms with Crippen LogP contribution in [0.4, 0.5) is 0 Å². The van der Waals surface area contributed by atoms with Crippen LogP contribution in [0, 0.1) is 0 Å². The Hall–Kier alpha value is -1.21. The highest BCUT2D eigenvalue weighted by atomic mass is 79.9. The highest BCUT2D eigenvalue weighted by Crippen LogP contribution is 2.34. The van der Waals surface area contributed by atoms with Crippen LogP contribution in [0.3, 0.4) is 0 Å². The predicted octanol–water partition coefficient (Wildman–Crippen LogP) is 3.53. The molecular weight excluding hydrogens is 371 g/mol. The van der Waals surface area contributed by atoms with Crippen molar-refractivity contribution in [2.24, 2.45) is 5.84 Å². The van der Waals surface area contributed by atoms with Crippen LogP contribution in [0.1, 0.15) is 16.1 Å². The molecule has 0 saturated heterocycles. The van der Waals surface area contributed by atoms with Gasteiger partial charge in [-0.3, -0.25) is 10.2 Å². The number of hydrogen-bond donors (Lipinski definition) is 2. The molecule has 0 atom stereocenters. The van der Waals surface area contributed by atoms with Crippen LogP contribution in [0.2, 0.25) is 10.0 Å². The number of halogens is 3. The van der Waals surface area contributed by atoms with Crippen LogP contribution in [-0.4, -0.2) is 5.91 Å². The number of furan rings is 1. The molecule has 0 bridgehead atoms. The van der Waals surface area contributed by atoms with Crippen molar-refractivity contribution in [3.05, 3.63) is 50.3 Å². The van der Waals surface area contributed by atoms with Gasteiger partial charge in [-0.1, -0.05) is 23.2 Å². The minimum atomic E-state index is -0.440. The molecule has 0 aliphatic carbocycles. The molecule has 0 fully saturated rings. The Bertz CT molecular complexity index is 646. The Balaban J connectivity index is 2.07. The van der Waals surface area contributed by atoms with Gasteiger partial charge >= 0.3 is 0 Å². The van der Waals surface area contributed by atoms with Crippen molar-refractivity contribution in [2.45, 2.75) is 6.61 Å². The molecule has 0 aliphatic heterocycles. The Morgan fingerprint density at radius 1 is 1.35 bits per heavy atom. The lowest BCUT2D eigenvalue weighted by atomic mass is 10.3.